The first-order valence-corrected chi connectivity index (χ1v) is 6.80. The molecule has 0 fully saturated rings. The van der Waals surface area contributed by atoms with Crippen LogP contribution in [0.15, 0.2) is 24.3 Å². The fraction of sp³-hybridized carbons (Fsp3) is 0.333. The third kappa shape index (κ3) is 4.12. The Morgan fingerprint density at radius 3 is 2.67 bits per heavy atom. The fourth-order valence-corrected chi connectivity index (χ4v) is 2.22. The van der Waals surface area contributed by atoms with Crippen LogP contribution in [0.1, 0.15) is 6.92 Å². The highest BCUT2D eigenvalue weighted by Crippen LogP contribution is 2.53. The second-order valence-electron chi connectivity index (χ2n) is 2.62. The van der Waals surface area contributed by atoms with Crippen LogP contribution in [0.4, 0.5) is 0 Å². The smallest absolute Gasteiger partial charge is 0.476 e. The highest BCUT2D eigenvalue weighted by molar-refractivity contribution is 7.81. The molecule has 15 heavy (non-hydrogen) atoms. The first kappa shape index (κ1) is 12.4. The zero-order chi connectivity index (χ0) is 11.3. The molecule has 0 unspecified atom stereocenters. The lowest BCUT2D eigenvalue weighted by molar-refractivity contribution is 0.294. The molecule has 0 N–H and O–H groups in total. The van der Waals surface area contributed by atoms with Gasteiger partial charge in [-0.05, 0) is 19.1 Å². The van der Waals surface area contributed by atoms with Crippen LogP contribution in [0, 0.1) is 0 Å². The summed E-state index contributed by atoms with van der Waals surface area (Å²) in [6.45, 7) is -1.62. The largest absolute Gasteiger partial charge is 0.497 e. The van der Waals surface area contributed by atoms with Crippen molar-refractivity contribution in [2.24, 2.45) is 0 Å². The molecule has 0 amide bonds. The van der Waals surface area contributed by atoms with Gasteiger partial charge in [0.15, 0.2) is 0 Å². The molecule has 0 aliphatic carbocycles. The summed E-state index contributed by atoms with van der Waals surface area (Å²) in [5.74, 6) is 0.946. The van der Waals surface area contributed by atoms with E-state index in [1.165, 1.54) is 7.11 Å². The van der Waals surface area contributed by atoms with E-state index in [1.54, 1.807) is 31.2 Å². The maximum absolute atomic E-state index is 11.5. The van der Waals surface area contributed by atoms with Gasteiger partial charge in [-0.15, -0.1) is 0 Å². The van der Waals surface area contributed by atoms with Crippen molar-refractivity contribution < 1.29 is 18.3 Å². The second-order valence-corrected chi connectivity index (χ2v) is 5.16. The SMILES string of the molecule is CCO[P@](=O)(Cl)Oc1cccc(OC)c1. The molecule has 0 heterocycles. The maximum Gasteiger partial charge on any atom is 0.476 e. The van der Waals surface area contributed by atoms with Crippen molar-refractivity contribution >= 4 is 18.2 Å². The van der Waals surface area contributed by atoms with Gasteiger partial charge in [0.25, 0.3) is 0 Å². The number of ether oxygens (including phenoxy) is 1. The second kappa shape index (κ2) is 5.40. The summed E-state index contributed by atoms with van der Waals surface area (Å²) in [5, 5.41) is 0. The molecule has 0 aliphatic rings. The third-order valence-electron chi connectivity index (χ3n) is 1.54. The minimum atomic E-state index is -3.53. The third-order valence-corrected chi connectivity index (χ3v) is 3.03. The molecule has 0 bridgehead atoms. The van der Waals surface area contributed by atoms with Gasteiger partial charge in [0.1, 0.15) is 11.5 Å². The number of methoxy groups -OCH3 is 1. The summed E-state index contributed by atoms with van der Waals surface area (Å²) in [6.07, 6.45) is 0. The van der Waals surface area contributed by atoms with Crippen molar-refractivity contribution in [3.63, 3.8) is 0 Å². The Labute approximate surface area is 93.4 Å². The van der Waals surface area contributed by atoms with E-state index in [1.807, 2.05) is 0 Å². The summed E-state index contributed by atoms with van der Waals surface area (Å²) in [4.78, 5) is 0. The summed E-state index contributed by atoms with van der Waals surface area (Å²) in [7, 11) is 1.53. The average Bonchev–Trinajstić information content (AvgIpc) is 2.17. The first-order valence-electron chi connectivity index (χ1n) is 4.35. The van der Waals surface area contributed by atoms with Crippen LogP contribution in [-0.4, -0.2) is 13.7 Å². The van der Waals surface area contributed by atoms with Crippen LogP contribution in [0.2, 0.25) is 0 Å². The lowest BCUT2D eigenvalue weighted by Crippen LogP contribution is -1.92. The Morgan fingerprint density at radius 2 is 2.07 bits per heavy atom. The molecule has 84 valence electrons. The topological polar surface area (TPSA) is 44.8 Å². The van der Waals surface area contributed by atoms with E-state index in [0.717, 1.165) is 0 Å². The summed E-state index contributed by atoms with van der Waals surface area (Å²) in [5.41, 5.74) is 0. The lowest BCUT2D eigenvalue weighted by atomic mass is 10.3. The van der Waals surface area contributed by atoms with E-state index < -0.39 is 6.95 Å². The Balaban J connectivity index is 2.75. The highest BCUT2D eigenvalue weighted by Gasteiger charge is 2.21. The van der Waals surface area contributed by atoms with Crippen molar-refractivity contribution in [1.29, 1.82) is 0 Å². The number of hydrogen-bond donors (Lipinski definition) is 0. The molecule has 0 aliphatic heterocycles. The Bertz CT molecular complexity index is 369. The Morgan fingerprint density at radius 1 is 1.40 bits per heavy atom. The molecule has 0 aromatic heterocycles. The van der Waals surface area contributed by atoms with Crippen molar-refractivity contribution in [3.8, 4) is 11.5 Å². The molecule has 0 saturated heterocycles. The molecule has 6 heteroatoms. The molecular weight excluding hydrogens is 239 g/mol. The van der Waals surface area contributed by atoms with Crippen molar-refractivity contribution in [2.45, 2.75) is 6.92 Å². The van der Waals surface area contributed by atoms with Crippen LogP contribution in [0.25, 0.3) is 0 Å². The van der Waals surface area contributed by atoms with Gasteiger partial charge in [0, 0.05) is 17.3 Å². The Kier molecular flexibility index (Phi) is 4.45. The van der Waals surface area contributed by atoms with Gasteiger partial charge in [0.2, 0.25) is 0 Å². The minimum absolute atomic E-state index is 0.227. The molecule has 4 nitrogen and oxygen atoms in total. The van der Waals surface area contributed by atoms with Gasteiger partial charge in [0.05, 0.1) is 13.7 Å². The van der Waals surface area contributed by atoms with E-state index in [4.69, 9.17) is 25.0 Å². The number of hydrogen-bond acceptors (Lipinski definition) is 4. The molecule has 0 spiro atoms. The predicted octanol–water partition coefficient (Wildman–Crippen LogP) is 3.46. The normalized spacial score (nSPS) is 14.3. The summed E-state index contributed by atoms with van der Waals surface area (Å²) >= 11 is 5.54. The van der Waals surface area contributed by atoms with E-state index in [0.29, 0.717) is 11.5 Å². The van der Waals surface area contributed by atoms with Crippen LogP contribution in [0.3, 0.4) is 0 Å². The van der Waals surface area contributed by atoms with Crippen molar-refractivity contribution in [3.05, 3.63) is 24.3 Å². The van der Waals surface area contributed by atoms with Crippen LogP contribution in [0.5, 0.6) is 11.5 Å². The molecule has 1 aromatic rings. The predicted molar refractivity (Wildman–Crippen MR) is 58.7 cm³/mol. The van der Waals surface area contributed by atoms with Gasteiger partial charge in [-0.3, -0.25) is 4.52 Å². The fourth-order valence-electron chi connectivity index (χ4n) is 0.964. The average molecular weight is 251 g/mol. The van der Waals surface area contributed by atoms with Crippen LogP contribution in [-0.2, 0) is 9.09 Å². The van der Waals surface area contributed by atoms with Crippen LogP contribution < -0.4 is 9.26 Å². The first-order chi connectivity index (χ1) is 7.07. The molecule has 1 rings (SSSR count). The summed E-state index contributed by atoms with van der Waals surface area (Å²) < 4.78 is 26.2. The van der Waals surface area contributed by atoms with E-state index in [2.05, 4.69) is 0 Å². The van der Waals surface area contributed by atoms with Crippen LogP contribution >= 0.6 is 18.2 Å². The van der Waals surface area contributed by atoms with Crippen molar-refractivity contribution in [1.82, 2.24) is 0 Å². The zero-order valence-electron chi connectivity index (χ0n) is 8.47. The molecular formula is C9H12ClO4P. The zero-order valence-corrected chi connectivity index (χ0v) is 10.1. The van der Waals surface area contributed by atoms with Gasteiger partial charge in [-0.1, -0.05) is 6.07 Å². The van der Waals surface area contributed by atoms with Gasteiger partial charge < -0.3 is 9.26 Å². The molecule has 0 radical (unpaired) electrons. The molecule has 0 saturated carbocycles. The van der Waals surface area contributed by atoms with Gasteiger partial charge >= 0.3 is 6.95 Å². The summed E-state index contributed by atoms with van der Waals surface area (Å²) in [6, 6.07) is 6.65. The quantitative estimate of drug-likeness (QED) is 0.751. The number of halogens is 1. The van der Waals surface area contributed by atoms with Gasteiger partial charge in [-0.25, -0.2) is 4.57 Å². The van der Waals surface area contributed by atoms with Crippen molar-refractivity contribution in [2.75, 3.05) is 13.7 Å². The standard InChI is InChI=1S/C9H12ClO4P/c1-3-13-15(10,11)14-9-6-4-5-8(7-9)12-2/h4-7H,3H2,1-2H3/t15-/m1/s1. The molecule has 1 atom stereocenters. The highest BCUT2D eigenvalue weighted by atomic mass is 35.7. The lowest BCUT2D eigenvalue weighted by Gasteiger charge is -2.11. The van der Waals surface area contributed by atoms with E-state index >= 15 is 0 Å². The van der Waals surface area contributed by atoms with E-state index in [9.17, 15) is 4.57 Å². The minimum Gasteiger partial charge on any atom is -0.497 e. The monoisotopic (exact) mass is 250 g/mol. The maximum atomic E-state index is 11.5. The van der Waals surface area contributed by atoms with E-state index in [-0.39, 0.29) is 6.61 Å². The van der Waals surface area contributed by atoms with Gasteiger partial charge in [-0.2, -0.15) is 0 Å². The number of benzene rings is 1. The Hall–Kier alpha value is -0.700. The number of rotatable bonds is 5. The molecule has 1 aromatic carbocycles.